The van der Waals surface area contributed by atoms with E-state index in [9.17, 15) is 9.59 Å². The summed E-state index contributed by atoms with van der Waals surface area (Å²) in [6, 6.07) is 22.1. The topological polar surface area (TPSA) is 71.3 Å². The van der Waals surface area contributed by atoms with Gasteiger partial charge in [-0.1, -0.05) is 74.0 Å². The number of nitrogens with one attached hydrogen (secondary N) is 2. The van der Waals surface area contributed by atoms with E-state index in [0.29, 0.717) is 33.3 Å². The number of anilines is 1. The molecule has 0 fully saturated rings. The second-order valence-corrected chi connectivity index (χ2v) is 9.09. The summed E-state index contributed by atoms with van der Waals surface area (Å²) in [6.45, 7) is 4.26. The molecule has 0 bridgehead atoms. The zero-order valence-corrected chi connectivity index (χ0v) is 20.7. The van der Waals surface area contributed by atoms with E-state index in [1.165, 1.54) is 11.6 Å². The first-order valence-electron chi connectivity index (χ1n) is 11.0. The third-order valence-corrected chi connectivity index (χ3v) is 5.94. The molecule has 0 radical (unpaired) electrons. The number of carbonyl (C=O) groups excluding carboxylic acids is 1. The molecule has 1 heterocycles. The smallest absolute Gasteiger partial charge is 0.344 e. The normalized spacial score (nSPS) is 11.2. The van der Waals surface area contributed by atoms with Crippen LogP contribution in [0.3, 0.4) is 0 Å². The van der Waals surface area contributed by atoms with Crippen LogP contribution in [-0.2, 0) is 4.79 Å². The Hall–Kier alpha value is -3.74. The molecule has 0 aliphatic heterocycles. The Morgan fingerprint density at radius 3 is 2.46 bits per heavy atom. The maximum Gasteiger partial charge on any atom is 0.344 e. The Bertz CT molecular complexity index is 1490. The average molecular weight is 503 g/mol. The Kier molecular flexibility index (Phi) is 7.44. The number of hydrogen-bond acceptors (Lipinski definition) is 4. The van der Waals surface area contributed by atoms with Crippen LogP contribution in [0.1, 0.15) is 30.9 Å². The average Bonchev–Trinajstić information content (AvgIpc) is 2.83. The summed E-state index contributed by atoms with van der Waals surface area (Å²) in [5.74, 6) is 0.0965. The van der Waals surface area contributed by atoms with Crippen LogP contribution in [-0.4, -0.2) is 11.0 Å². The number of para-hydroxylation sites is 1. The number of hydrogen-bond donors (Lipinski definition) is 2. The second-order valence-electron chi connectivity index (χ2n) is 8.28. The van der Waals surface area contributed by atoms with Gasteiger partial charge in [-0.2, -0.15) is 0 Å². The molecule has 0 saturated heterocycles. The van der Waals surface area contributed by atoms with Crippen molar-refractivity contribution in [2.75, 3.05) is 5.32 Å². The number of halogens is 1. The van der Waals surface area contributed by atoms with Crippen LogP contribution in [0.4, 0.5) is 5.69 Å². The van der Waals surface area contributed by atoms with Crippen molar-refractivity contribution >= 4 is 57.6 Å². The van der Waals surface area contributed by atoms with Crippen molar-refractivity contribution in [1.29, 1.82) is 0 Å². The lowest BCUT2D eigenvalue weighted by molar-refractivity contribution is -0.115. The van der Waals surface area contributed by atoms with E-state index in [1.54, 1.807) is 42.5 Å². The van der Waals surface area contributed by atoms with Crippen LogP contribution in [0.15, 0.2) is 88.1 Å². The first kappa shape index (κ1) is 24.4. The van der Waals surface area contributed by atoms with Gasteiger partial charge in [-0.25, -0.2) is 4.79 Å². The molecule has 3 aromatic carbocycles. The van der Waals surface area contributed by atoms with Crippen molar-refractivity contribution in [3.63, 3.8) is 0 Å². The minimum atomic E-state index is -0.472. The summed E-state index contributed by atoms with van der Waals surface area (Å²) in [5.41, 5.74) is 3.67. The van der Waals surface area contributed by atoms with Gasteiger partial charge in [-0.15, -0.1) is 0 Å². The van der Waals surface area contributed by atoms with Gasteiger partial charge in [0.2, 0.25) is 5.91 Å². The molecule has 0 unspecified atom stereocenters. The molecule has 0 atom stereocenters. The van der Waals surface area contributed by atoms with Gasteiger partial charge < -0.3 is 9.73 Å². The van der Waals surface area contributed by atoms with Gasteiger partial charge in [0.15, 0.2) is 5.11 Å². The molecule has 7 heteroatoms. The molecule has 4 rings (SSSR count). The van der Waals surface area contributed by atoms with Crippen molar-refractivity contribution in [2.24, 2.45) is 0 Å². The van der Waals surface area contributed by atoms with E-state index in [2.05, 4.69) is 24.5 Å². The summed E-state index contributed by atoms with van der Waals surface area (Å²) < 4.78 is 5.41. The Balaban J connectivity index is 1.41. The largest absolute Gasteiger partial charge is 0.422 e. The zero-order valence-electron chi connectivity index (χ0n) is 19.2. The fourth-order valence-electron chi connectivity index (χ4n) is 3.54. The summed E-state index contributed by atoms with van der Waals surface area (Å²) in [4.78, 5) is 24.7. The lowest BCUT2D eigenvalue weighted by atomic mass is 10.0. The quantitative estimate of drug-likeness (QED) is 0.179. The lowest BCUT2D eigenvalue weighted by Crippen LogP contribution is -2.32. The number of fused-ring (bicyclic) bond motifs is 1. The SMILES string of the molecule is CC(C)c1ccc(C=CC(=O)NC(=S)Nc2ccc(-c3cc4ccccc4oc3=O)c(Cl)c2)cc1. The molecule has 0 spiro atoms. The molecular formula is C28H23ClN2O3S. The Labute approximate surface area is 213 Å². The third-order valence-electron chi connectivity index (χ3n) is 5.43. The van der Waals surface area contributed by atoms with Gasteiger partial charge in [-0.05, 0) is 59.6 Å². The molecule has 1 amide bonds. The first-order chi connectivity index (χ1) is 16.8. The van der Waals surface area contributed by atoms with Crippen LogP contribution >= 0.6 is 23.8 Å². The van der Waals surface area contributed by atoms with Crippen LogP contribution in [0.2, 0.25) is 5.02 Å². The maximum absolute atomic E-state index is 12.5. The van der Waals surface area contributed by atoms with Crippen LogP contribution < -0.4 is 16.3 Å². The molecule has 0 saturated carbocycles. The zero-order chi connectivity index (χ0) is 24.9. The minimum absolute atomic E-state index is 0.129. The Morgan fingerprint density at radius 2 is 1.74 bits per heavy atom. The van der Waals surface area contributed by atoms with Crippen molar-refractivity contribution < 1.29 is 9.21 Å². The van der Waals surface area contributed by atoms with E-state index in [4.69, 9.17) is 28.2 Å². The standard InChI is InChI=1S/C28H23ClN2O3S/c1-17(2)19-10-7-18(8-11-19)9-14-26(32)31-28(35)30-21-12-13-22(24(29)16-21)23-15-20-5-3-4-6-25(20)34-27(23)33/h3-17H,1-2H3,(H2,30,31,32,35). The second kappa shape index (κ2) is 10.7. The van der Waals surface area contributed by atoms with E-state index >= 15 is 0 Å². The van der Waals surface area contributed by atoms with Crippen molar-refractivity contribution in [2.45, 2.75) is 19.8 Å². The van der Waals surface area contributed by atoms with Gasteiger partial charge in [0.05, 0.1) is 10.6 Å². The highest BCUT2D eigenvalue weighted by molar-refractivity contribution is 7.80. The molecule has 0 aliphatic carbocycles. The van der Waals surface area contributed by atoms with E-state index in [0.717, 1.165) is 10.9 Å². The predicted octanol–water partition coefficient (Wildman–Crippen LogP) is 6.76. The van der Waals surface area contributed by atoms with Crippen LogP contribution in [0.5, 0.6) is 0 Å². The molecule has 5 nitrogen and oxygen atoms in total. The summed E-state index contributed by atoms with van der Waals surface area (Å²) in [5, 5.41) is 6.82. The summed E-state index contributed by atoms with van der Waals surface area (Å²) in [7, 11) is 0. The molecule has 176 valence electrons. The highest BCUT2D eigenvalue weighted by Gasteiger charge is 2.12. The van der Waals surface area contributed by atoms with E-state index < -0.39 is 5.63 Å². The molecule has 2 N–H and O–H groups in total. The summed E-state index contributed by atoms with van der Waals surface area (Å²) in [6.07, 6.45) is 3.15. The molecule has 0 aliphatic rings. The van der Waals surface area contributed by atoms with E-state index in [-0.39, 0.29) is 11.0 Å². The van der Waals surface area contributed by atoms with Gasteiger partial charge in [0.1, 0.15) is 5.58 Å². The molecule has 35 heavy (non-hydrogen) atoms. The molecular weight excluding hydrogens is 480 g/mol. The lowest BCUT2D eigenvalue weighted by Gasteiger charge is -2.11. The van der Waals surface area contributed by atoms with Crippen molar-refractivity contribution in [1.82, 2.24) is 5.32 Å². The fraction of sp³-hybridized carbons (Fsp3) is 0.107. The van der Waals surface area contributed by atoms with Gasteiger partial charge in [-0.3, -0.25) is 10.1 Å². The van der Waals surface area contributed by atoms with Crippen molar-refractivity contribution in [3.8, 4) is 11.1 Å². The summed E-state index contributed by atoms with van der Waals surface area (Å²) >= 11 is 11.7. The van der Waals surface area contributed by atoms with E-state index in [1.807, 2.05) is 36.4 Å². The molecule has 1 aromatic heterocycles. The van der Waals surface area contributed by atoms with Crippen LogP contribution in [0, 0.1) is 0 Å². The van der Waals surface area contributed by atoms with Gasteiger partial charge in [0, 0.05) is 22.7 Å². The molecule has 4 aromatic rings. The fourth-order valence-corrected chi connectivity index (χ4v) is 4.04. The highest BCUT2D eigenvalue weighted by atomic mass is 35.5. The monoisotopic (exact) mass is 502 g/mol. The number of benzene rings is 3. The van der Waals surface area contributed by atoms with Crippen LogP contribution in [0.25, 0.3) is 28.2 Å². The van der Waals surface area contributed by atoms with Gasteiger partial charge in [0.25, 0.3) is 0 Å². The third kappa shape index (κ3) is 6.04. The minimum Gasteiger partial charge on any atom is -0.422 e. The number of carbonyl (C=O) groups is 1. The Morgan fingerprint density at radius 1 is 1.00 bits per heavy atom. The maximum atomic E-state index is 12.5. The number of amides is 1. The highest BCUT2D eigenvalue weighted by Crippen LogP contribution is 2.30. The number of rotatable bonds is 5. The van der Waals surface area contributed by atoms with Gasteiger partial charge >= 0.3 is 5.63 Å². The predicted molar refractivity (Wildman–Crippen MR) is 147 cm³/mol. The first-order valence-corrected chi connectivity index (χ1v) is 11.8. The van der Waals surface area contributed by atoms with Crippen molar-refractivity contribution in [3.05, 3.63) is 105 Å². The number of thiocarbonyl (C=S) groups is 1.